The Bertz CT molecular complexity index is 416. The van der Waals surface area contributed by atoms with Gasteiger partial charge < -0.3 is 10.1 Å². The molecule has 7 heteroatoms. The van der Waals surface area contributed by atoms with Crippen molar-refractivity contribution in [1.29, 1.82) is 0 Å². The van der Waals surface area contributed by atoms with Crippen molar-refractivity contribution in [2.24, 2.45) is 0 Å². The summed E-state index contributed by atoms with van der Waals surface area (Å²) in [6.07, 6.45) is -2.48. The van der Waals surface area contributed by atoms with Gasteiger partial charge in [-0.2, -0.15) is 0 Å². The van der Waals surface area contributed by atoms with Crippen molar-refractivity contribution in [3.63, 3.8) is 0 Å². The molecular weight excluding hydrogens is 258 g/mol. The quantitative estimate of drug-likeness (QED) is 0.449. The summed E-state index contributed by atoms with van der Waals surface area (Å²) in [7, 11) is 0. The highest BCUT2D eigenvalue weighted by Gasteiger charge is 2.17. The molecule has 0 fully saturated rings. The zero-order chi connectivity index (χ0) is 14.3. The Balaban J connectivity index is 2.45. The van der Waals surface area contributed by atoms with Gasteiger partial charge in [-0.3, -0.25) is 10.1 Å². The van der Waals surface area contributed by atoms with Gasteiger partial charge in [0.25, 0.3) is 12.1 Å². The van der Waals surface area contributed by atoms with Crippen LogP contribution in [-0.2, 0) is 4.74 Å². The summed E-state index contributed by atoms with van der Waals surface area (Å²) in [4.78, 5) is 10.4. The molecule has 5 nitrogen and oxygen atoms in total. The van der Waals surface area contributed by atoms with Crippen LogP contribution in [-0.4, -0.2) is 31.1 Å². The van der Waals surface area contributed by atoms with Crippen molar-refractivity contribution in [2.75, 3.05) is 19.8 Å². The van der Waals surface area contributed by atoms with E-state index in [1.54, 1.807) is 25.1 Å². The Morgan fingerprint density at radius 2 is 2.11 bits per heavy atom. The van der Waals surface area contributed by atoms with Crippen LogP contribution in [0, 0.1) is 10.1 Å². The van der Waals surface area contributed by atoms with Crippen molar-refractivity contribution in [3.05, 3.63) is 39.9 Å². The minimum absolute atomic E-state index is 0.0380. The zero-order valence-corrected chi connectivity index (χ0v) is 10.5. The van der Waals surface area contributed by atoms with E-state index in [9.17, 15) is 18.9 Å². The fourth-order valence-corrected chi connectivity index (χ4v) is 1.65. The fraction of sp³-hybridized carbons (Fsp3) is 0.500. The van der Waals surface area contributed by atoms with E-state index in [1.807, 2.05) is 0 Å². The predicted octanol–water partition coefficient (Wildman–Crippen LogP) is 2.53. The first-order chi connectivity index (χ1) is 9.02. The van der Waals surface area contributed by atoms with Gasteiger partial charge in [0.2, 0.25) is 0 Å². The number of alkyl halides is 2. The smallest absolute Gasteiger partial charge is 0.274 e. The summed E-state index contributed by atoms with van der Waals surface area (Å²) in [6.45, 7) is 1.66. The first kappa shape index (κ1) is 15.5. The summed E-state index contributed by atoms with van der Waals surface area (Å²) in [5, 5.41) is 13.8. The lowest BCUT2D eigenvalue weighted by atomic mass is 10.1. The summed E-state index contributed by atoms with van der Waals surface area (Å²) in [5.41, 5.74) is 0.595. The highest BCUT2D eigenvalue weighted by molar-refractivity contribution is 5.41. The number of hydrogen-bond donors (Lipinski definition) is 1. The molecule has 0 heterocycles. The average Bonchev–Trinajstić information content (AvgIpc) is 2.37. The van der Waals surface area contributed by atoms with E-state index >= 15 is 0 Å². The number of ether oxygens (including phenoxy) is 1. The number of nitrogens with zero attached hydrogens (tertiary/aromatic N) is 1. The van der Waals surface area contributed by atoms with Crippen LogP contribution < -0.4 is 5.32 Å². The summed E-state index contributed by atoms with van der Waals surface area (Å²) >= 11 is 0. The van der Waals surface area contributed by atoms with Crippen LogP contribution in [0.1, 0.15) is 18.5 Å². The summed E-state index contributed by atoms with van der Waals surface area (Å²) in [5.74, 6) is 0. The molecule has 106 valence electrons. The molecule has 19 heavy (non-hydrogen) atoms. The third-order valence-electron chi connectivity index (χ3n) is 2.54. The number of para-hydroxylation sites is 1. The topological polar surface area (TPSA) is 64.4 Å². The van der Waals surface area contributed by atoms with Crippen LogP contribution >= 0.6 is 0 Å². The van der Waals surface area contributed by atoms with Gasteiger partial charge in [-0.15, -0.1) is 0 Å². The largest absolute Gasteiger partial charge is 0.374 e. The maximum atomic E-state index is 11.8. The van der Waals surface area contributed by atoms with Gasteiger partial charge in [0.05, 0.1) is 11.5 Å². The number of halogens is 2. The fourth-order valence-electron chi connectivity index (χ4n) is 1.65. The van der Waals surface area contributed by atoms with Gasteiger partial charge in [-0.05, 0) is 6.92 Å². The lowest BCUT2D eigenvalue weighted by Crippen LogP contribution is -2.24. The maximum Gasteiger partial charge on any atom is 0.274 e. The second-order valence-electron chi connectivity index (χ2n) is 3.96. The van der Waals surface area contributed by atoms with Crippen molar-refractivity contribution < 1.29 is 18.4 Å². The molecule has 1 aromatic rings. The molecule has 0 saturated heterocycles. The molecule has 1 unspecified atom stereocenters. The number of nitro groups is 1. The molecular formula is C12H16F2N2O3. The molecule has 0 aliphatic rings. The van der Waals surface area contributed by atoms with E-state index in [0.29, 0.717) is 12.1 Å². The SMILES string of the molecule is CC(NCCOCC(F)F)c1ccccc1[N+](=O)[O-]. The molecule has 0 radical (unpaired) electrons. The van der Waals surface area contributed by atoms with Gasteiger partial charge in [-0.25, -0.2) is 8.78 Å². The summed E-state index contributed by atoms with van der Waals surface area (Å²) < 4.78 is 28.3. The van der Waals surface area contributed by atoms with Crippen LogP contribution in [0.5, 0.6) is 0 Å². The Kier molecular flexibility index (Phi) is 6.31. The molecule has 0 amide bonds. The molecule has 0 saturated carbocycles. The second-order valence-corrected chi connectivity index (χ2v) is 3.96. The van der Waals surface area contributed by atoms with Gasteiger partial charge in [0.15, 0.2) is 0 Å². The molecule has 1 atom stereocenters. The predicted molar refractivity (Wildman–Crippen MR) is 66.3 cm³/mol. The molecule has 1 rings (SSSR count). The van der Waals surface area contributed by atoms with E-state index in [0.717, 1.165) is 0 Å². The Morgan fingerprint density at radius 1 is 1.42 bits per heavy atom. The van der Waals surface area contributed by atoms with Crippen LogP contribution in [0.4, 0.5) is 14.5 Å². The number of rotatable bonds is 8. The maximum absolute atomic E-state index is 11.8. The minimum Gasteiger partial charge on any atom is -0.374 e. The molecule has 0 aromatic heterocycles. The monoisotopic (exact) mass is 274 g/mol. The van der Waals surface area contributed by atoms with E-state index in [1.165, 1.54) is 6.07 Å². The molecule has 1 N–H and O–H groups in total. The number of benzene rings is 1. The van der Waals surface area contributed by atoms with Gasteiger partial charge in [0.1, 0.15) is 6.61 Å². The van der Waals surface area contributed by atoms with Crippen molar-refractivity contribution in [2.45, 2.75) is 19.4 Å². The molecule has 0 spiro atoms. The average molecular weight is 274 g/mol. The van der Waals surface area contributed by atoms with Gasteiger partial charge in [0, 0.05) is 24.2 Å². The normalized spacial score (nSPS) is 12.6. The van der Waals surface area contributed by atoms with E-state index < -0.39 is 18.0 Å². The summed E-state index contributed by atoms with van der Waals surface area (Å²) in [6, 6.07) is 6.15. The Morgan fingerprint density at radius 3 is 2.74 bits per heavy atom. The molecule has 0 aliphatic heterocycles. The first-order valence-electron chi connectivity index (χ1n) is 5.85. The first-order valence-corrected chi connectivity index (χ1v) is 5.85. The lowest BCUT2D eigenvalue weighted by Gasteiger charge is -2.14. The third kappa shape index (κ3) is 5.27. The molecule has 0 bridgehead atoms. The number of hydrogen-bond acceptors (Lipinski definition) is 4. The molecule has 1 aromatic carbocycles. The van der Waals surface area contributed by atoms with Crippen LogP contribution in [0.25, 0.3) is 0 Å². The van der Waals surface area contributed by atoms with E-state index in [-0.39, 0.29) is 18.3 Å². The van der Waals surface area contributed by atoms with E-state index in [2.05, 4.69) is 5.32 Å². The Hall–Kier alpha value is -1.60. The highest BCUT2D eigenvalue weighted by atomic mass is 19.3. The van der Waals surface area contributed by atoms with Crippen LogP contribution in [0.3, 0.4) is 0 Å². The second kappa shape index (κ2) is 7.75. The lowest BCUT2D eigenvalue weighted by molar-refractivity contribution is -0.385. The van der Waals surface area contributed by atoms with Crippen LogP contribution in [0.15, 0.2) is 24.3 Å². The van der Waals surface area contributed by atoms with Crippen molar-refractivity contribution in [1.82, 2.24) is 5.32 Å². The van der Waals surface area contributed by atoms with E-state index in [4.69, 9.17) is 4.74 Å². The van der Waals surface area contributed by atoms with Gasteiger partial charge >= 0.3 is 0 Å². The van der Waals surface area contributed by atoms with Crippen molar-refractivity contribution >= 4 is 5.69 Å². The highest BCUT2D eigenvalue weighted by Crippen LogP contribution is 2.23. The standard InChI is InChI=1S/C12H16F2N2O3/c1-9(15-6-7-19-8-12(13)14)10-4-2-3-5-11(10)16(17)18/h2-5,9,12,15H,6-8H2,1H3. The van der Waals surface area contributed by atoms with Crippen molar-refractivity contribution in [3.8, 4) is 0 Å². The minimum atomic E-state index is -2.48. The molecule has 0 aliphatic carbocycles. The Labute approximate surface area is 109 Å². The third-order valence-corrected chi connectivity index (χ3v) is 2.54. The number of nitro benzene ring substituents is 1. The van der Waals surface area contributed by atoms with Crippen LogP contribution in [0.2, 0.25) is 0 Å². The zero-order valence-electron chi connectivity index (χ0n) is 10.5. The van der Waals surface area contributed by atoms with Gasteiger partial charge in [-0.1, -0.05) is 18.2 Å². The number of nitrogens with one attached hydrogen (secondary N) is 1.